The summed E-state index contributed by atoms with van der Waals surface area (Å²) in [5.74, 6) is 0.304. The highest BCUT2D eigenvalue weighted by Crippen LogP contribution is 2.14. The zero-order valence-corrected chi connectivity index (χ0v) is 12.0. The number of rotatable bonds is 8. The molecule has 4 nitrogen and oxygen atoms in total. The van der Waals surface area contributed by atoms with Gasteiger partial charge in [-0.05, 0) is 12.8 Å². The van der Waals surface area contributed by atoms with Crippen molar-refractivity contribution >= 4 is 5.97 Å². The van der Waals surface area contributed by atoms with Crippen molar-refractivity contribution in [2.75, 3.05) is 33.9 Å². The Kier molecular flexibility index (Phi) is 8.17. The van der Waals surface area contributed by atoms with Crippen LogP contribution >= 0.6 is 0 Å². The summed E-state index contributed by atoms with van der Waals surface area (Å²) in [5, 5.41) is 0. The molecular formula is C13H27NO3. The fraction of sp³-hybridized carbons (Fsp3) is 0.923. The van der Waals surface area contributed by atoms with Crippen molar-refractivity contribution in [3.05, 3.63) is 0 Å². The summed E-state index contributed by atoms with van der Waals surface area (Å²) in [4.78, 5) is 13.8. The van der Waals surface area contributed by atoms with Crippen LogP contribution in [0.25, 0.3) is 0 Å². The summed E-state index contributed by atoms with van der Waals surface area (Å²) < 4.78 is 9.91. The Bertz CT molecular complexity index is 219. The maximum atomic E-state index is 11.5. The standard InChI is InChI=1S/C13H27NO3/c1-10(2)9-14(7-8-16-5)12(4)11(3)13(15)17-6/h10-12H,7-9H2,1-6H3. The molecule has 0 aliphatic carbocycles. The first-order valence-corrected chi connectivity index (χ1v) is 6.24. The van der Waals surface area contributed by atoms with E-state index in [2.05, 4.69) is 25.7 Å². The Balaban J connectivity index is 4.48. The molecule has 0 heterocycles. The van der Waals surface area contributed by atoms with Crippen LogP contribution in [-0.2, 0) is 14.3 Å². The SMILES string of the molecule is COCCN(CC(C)C)C(C)C(C)C(=O)OC. The number of ether oxygens (including phenoxy) is 2. The van der Waals surface area contributed by atoms with Crippen LogP contribution in [0.15, 0.2) is 0 Å². The van der Waals surface area contributed by atoms with Crippen molar-refractivity contribution in [2.24, 2.45) is 11.8 Å². The summed E-state index contributed by atoms with van der Waals surface area (Å²) in [7, 11) is 3.13. The second-order valence-electron chi connectivity index (χ2n) is 4.93. The van der Waals surface area contributed by atoms with Crippen LogP contribution in [0.3, 0.4) is 0 Å². The summed E-state index contributed by atoms with van der Waals surface area (Å²) in [6.45, 7) is 10.8. The third-order valence-corrected chi connectivity index (χ3v) is 3.05. The zero-order valence-electron chi connectivity index (χ0n) is 12.0. The Labute approximate surface area is 105 Å². The second-order valence-corrected chi connectivity index (χ2v) is 4.93. The molecule has 0 aromatic heterocycles. The van der Waals surface area contributed by atoms with Gasteiger partial charge in [0.25, 0.3) is 0 Å². The fourth-order valence-electron chi connectivity index (χ4n) is 1.84. The molecule has 0 aromatic carbocycles. The summed E-state index contributed by atoms with van der Waals surface area (Å²) >= 11 is 0. The van der Waals surface area contributed by atoms with Crippen LogP contribution < -0.4 is 0 Å². The highest BCUT2D eigenvalue weighted by Gasteiger charge is 2.26. The molecule has 0 spiro atoms. The summed E-state index contributed by atoms with van der Waals surface area (Å²) in [5.41, 5.74) is 0. The predicted molar refractivity (Wildman–Crippen MR) is 68.9 cm³/mol. The van der Waals surface area contributed by atoms with Crippen molar-refractivity contribution in [2.45, 2.75) is 33.7 Å². The normalized spacial score (nSPS) is 15.1. The van der Waals surface area contributed by atoms with Gasteiger partial charge in [-0.15, -0.1) is 0 Å². The minimum Gasteiger partial charge on any atom is -0.469 e. The molecule has 0 bridgehead atoms. The lowest BCUT2D eigenvalue weighted by Crippen LogP contribution is -2.44. The lowest BCUT2D eigenvalue weighted by atomic mass is 10.0. The van der Waals surface area contributed by atoms with Gasteiger partial charge in [0.1, 0.15) is 0 Å². The highest BCUT2D eigenvalue weighted by atomic mass is 16.5. The summed E-state index contributed by atoms with van der Waals surface area (Å²) in [6.07, 6.45) is 0. The number of methoxy groups -OCH3 is 2. The molecule has 0 saturated carbocycles. The topological polar surface area (TPSA) is 38.8 Å². The van der Waals surface area contributed by atoms with E-state index in [0.29, 0.717) is 12.5 Å². The van der Waals surface area contributed by atoms with E-state index in [-0.39, 0.29) is 17.9 Å². The van der Waals surface area contributed by atoms with Gasteiger partial charge < -0.3 is 9.47 Å². The quantitative estimate of drug-likeness (QED) is 0.611. The maximum absolute atomic E-state index is 11.5. The fourth-order valence-corrected chi connectivity index (χ4v) is 1.84. The van der Waals surface area contributed by atoms with Crippen molar-refractivity contribution in [3.8, 4) is 0 Å². The molecular weight excluding hydrogens is 218 g/mol. The van der Waals surface area contributed by atoms with Gasteiger partial charge in [0.05, 0.1) is 19.6 Å². The minimum absolute atomic E-state index is 0.115. The molecule has 0 amide bonds. The molecule has 2 unspecified atom stereocenters. The Morgan fingerprint density at radius 3 is 2.18 bits per heavy atom. The van der Waals surface area contributed by atoms with Crippen LogP contribution in [0, 0.1) is 11.8 Å². The van der Waals surface area contributed by atoms with E-state index in [4.69, 9.17) is 9.47 Å². The summed E-state index contributed by atoms with van der Waals surface area (Å²) in [6, 6.07) is 0.167. The van der Waals surface area contributed by atoms with Gasteiger partial charge in [-0.25, -0.2) is 0 Å². The van der Waals surface area contributed by atoms with Crippen LogP contribution in [0.5, 0.6) is 0 Å². The highest BCUT2D eigenvalue weighted by molar-refractivity contribution is 5.72. The predicted octanol–water partition coefficient (Wildman–Crippen LogP) is 1.79. The molecule has 0 aromatic rings. The Morgan fingerprint density at radius 2 is 1.76 bits per heavy atom. The third-order valence-electron chi connectivity index (χ3n) is 3.05. The number of hydrogen-bond acceptors (Lipinski definition) is 4. The smallest absolute Gasteiger partial charge is 0.309 e. The van der Waals surface area contributed by atoms with E-state index in [0.717, 1.165) is 13.1 Å². The van der Waals surface area contributed by atoms with Crippen molar-refractivity contribution in [1.29, 1.82) is 0 Å². The maximum Gasteiger partial charge on any atom is 0.309 e. The number of carbonyl (C=O) groups is 1. The molecule has 0 aliphatic rings. The molecule has 0 N–H and O–H groups in total. The van der Waals surface area contributed by atoms with E-state index in [1.54, 1.807) is 7.11 Å². The average molecular weight is 245 g/mol. The third kappa shape index (κ3) is 6.03. The number of esters is 1. The van der Waals surface area contributed by atoms with Gasteiger partial charge in [-0.3, -0.25) is 9.69 Å². The first kappa shape index (κ1) is 16.4. The molecule has 102 valence electrons. The number of carbonyl (C=O) groups excluding carboxylic acids is 1. The van der Waals surface area contributed by atoms with E-state index < -0.39 is 0 Å². The van der Waals surface area contributed by atoms with E-state index in [1.165, 1.54) is 7.11 Å². The monoisotopic (exact) mass is 245 g/mol. The number of nitrogens with zero attached hydrogens (tertiary/aromatic N) is 1. The first-order valence-electron chi connectivity index (χ1n) is 6.24. The molecule has 17 heavy (non-hydrogen) atoms. The van der Waals surface area contributed by atoms with E-state index in [1.807, 2.05) is 6.92 Å². The van der Waals surface area contributed by atoms with Crippen LogP contribution in [0.4, 0.5) is 0 Å². The van der Waals surface area contributed by atoms with Gasteiger partial charge in [-0.2, -0.15) is 0 Å². The van der Waals surface area contributed by atoms with Crippen molar-refractivity contribution < 1.29 is 14.3 Å². The van der Waals surface area contributed by atoms with Crippen LogP contribution in [-0.4, -0.2) is 50.8 Å². The van der Waals surface area contributed by atoms with Crippen LogP contribution in [0.1, 0.15) is 27.7 Å². The van der Waals surface area contributed by atoms with Crippen molar-refractivity contribution in [1.82, 2.24) is 4.90 Å². The molecule has 2 atom stereocenters. The largest absolute Gasteiger partial charge is 0.469 e. The van der Waals surface area contributed by atoms with Gasteiger partial charge in [0, 0.05) is 26.2 Å². The molecule has 0 rings (SSSR count). The Morgan fingerprint density at radius 1 is 1.18 bits per heavy atom. The minimum atomic E-state index is -0.149. The molecule has 0 radical (unpaired) electrons. The lowest BCUT2D eigenvalue weighted by molar-refractivity contribution is -0.147. The second kappa shape index (κ2) is 8.48. The number of hydrogen-bond donors (Lipinski definition) is 0. The van der Waals surface area contributed by atoms with E-state index in [9.17, 15) is 4.79 Å². The first-order chi connectivity index (χ1) is 7.93. The zero-order chi connectivity index (χ0) is 13.4. The van der Waals surface area contributed by atoms with Gasteiger partial charge in [0.2, 0.25) is 0 Å². The van der Waals surface area contributed by atoms with Crippen molar-refractivity contribution in [3.63, 3.8) is 0 Å². The van der Waals surface area contributed by atoms with Gasteiger partial charge in [-0.1, -0.05) is 20.8 Å². The molecule has 4 heteroatoms. The average Bonchev–Trinajstić information content (AvgIpc) is 2.31. The van der Waals surface area contributed by atoms with Crippen LogP contribution in [0.2, 0.25) is 0 Å². The molecule has 0 fully saturated rings. The van der Waals surface area contributed by atoms with Gasteiger partial charge >= 0.3 is 5.97 Å². The lowest BCUT2D eigenvalue weighted by Gasteiger charge is -2.33. The van der Waals surface area contributed by atoms with Gasteiger partial charge in [0.15, 0.2) is 0 Å². The molecule has 0 aliphatic heterocycles. The Hall–Kier alpha value is -0.610. The molecule has 0 saturated heterocycles. The van der Waals surface area contributed by atoms with E-state index >= 15 is 0 Å².